The summed E-state index contributed by atoms with van der Waals surface area (Å²) in [5, 5.41) is 0. The summed E-state index contributed by atoms with van der Waals surface area (Å²) in [5.74, 6) is -0.369. The Kier molecular flexibility index (Phi) is 10.1. The molecule has 0 spiro atoms. The van der Waals surface area contributed by atoms with E-state index in [0.29, 0.717) is 5.56 Å². The second-order valence-electron chi connectivity index (χ2n) is 5.72. The van der Waals surface area contributed by atoms with Gasteiger partial charge in [0.1, 0.15) is 15.9 Å². The van der Waals surface area contributed by atoms with Gasteiger partial charge in [-0.05, 0) is 12.1 Å². The summed E-state index contributed by atoms with van der Waals surface area (Å²) in [6.07, 6.45) is 0. The Hall–Kier alpha value is -0.380. The Labute approximate surface area is 198 Å². The molecule has 0 saturated carbocycles. The topological polar surface area (TPSA) is 80.8 Å². The van der Waals surface area contributed by atoms with E-state index in [1.807, 2.05) is 19.0 Å². The maximum Gasteiger partial charge on any atom is 1.00 e. The monoisotopic (exact) mass is 392 g/mol. The SMILES string of the molecule is CN(C)c1[c-]cc(C(=O)c2ccc(N(C)C)c(S(=O)(=O)[O-])c2)cc1.[Na+].[Na+]. The van der Waals surface area contributed by atoms with Crippen molar-refractivity contribution >= 4 is 27.3 Å². The Bertz CT molecular complexity index is 867. The molecular formula is C17H18N2Na2O4S. The standard InChI is InChI=1S/C17H19N2O4S.2Na/c1-18(2)14-8-5-12(6-9-14)17(20)13-7-10-15(19(3)4)16(11-13)24(21,22)23;;/h5-8,10-11H,1-4H3,(H,21,22,23);;/q-1;2*+1/p-1. The number of nitrogens with zero attached hydrogens (tertiary/aromatic N) is 2. The van der Waals surface area contributed by atoms with E-state index in [4.69, 9.17) is 0 Å². The molecule has 9 heteroatoms. The first-order valence-corrected chi connectivity index (χ1v) is 8.53. The van der Waals surface area contributed by atoms with Crippen LogP contribution in [0.5, 0.6) is 0 Å². The summed E-state index contributed by atoms with van der Waals surface area (Å²) in [5.41, 5.74) is 1.57. The Balaban J connectivity index is 0.00000312. The van der Waals surface area contributed by atoms with Crippen LogP contribution in [0, 0.1) is 6.07 Å². The first-order chi connectivity index (χ1) is 11.1. The van der Waals surface area contributed by atoms with Crippen LogP contribution in [0.1, 0.15) is 15.9 Å². The third-order valence-corrected chi connectivity index (χ3v) is 4.38. The van der Waals surface area contributed by atoms with Crippen LogP contribution in [0.25, 0.3) is 0 Å². The molecule has 0 aromatic heterocycles. The molecule has 0 bridgehead atoms. The molecule has 0 amide bonds. The van der Waals surface area contributed by atoms with Crippen LogP contribution in [-0.2, 0) is 10.1 Å². The second kappa shape index (κ2) is 10.2. The molecule has 6 nitrogen and oxygen atoms in total. The quantitative estimate of drug-likeness (QED) is 0.222. The number of hydrogen-bond donors (Lipinski definition) is 0. The van der Waals surface area contributed by atoms with Gasteiger partial charge in [-0.25, -0.2) is 8.42 Å². The van der Waals surface area contributed by atoms with Crippen LogP contribution in [0.2, 0.25) is 0 Å². The predicted molar refractivity (Wildman–Crippen MR) is 91.8 cm³/mol. The van der Waals surface area contributed by atoms with Gasteiger partial charge in [0.15, 0.2) is 0 Å². The van der Waals surface area contributed by atoms with Crippen LogP contribution < -0.4 is 68.9 Å². The van der Waals surface area contributed by atoms with Gasteiger partial charge in [0.25, 0.3) is 0 Å². The maximum absolute atomic E-state index is 12.5. The van der Waals surface area contributed by atoms with Crippen LogP contribution in [0.15, 0.2) is 41.3 Å². The van der Waals surface area contributed by atoms with E-state index in [1.54, 1.807) is 32.3 Å². The molecule has 2 aromatic rings. The zero-order valence-electron chi connectivity index (χ0n) is 15.9. The van der Waals surface area contributed by atoms with Gasteiger partial charge in [-0.3, -0.25) is 0 Å². The molecule has 0 fully saturated rings. The van der Waals surface area contributed by atoms with E-state index in [-0.39, 0.29) is 76.1 Å². The molecule has 2 rings (SSSR count). The van der Waals surface area contributed by atoms with Crippen LogP contribution in [-0.4, -0.2) is 46.9 Å². The van der Waals surface area contributed by atoms with Gasteiger partial charge < -0.3 is 19.1 Å². The number of carbonyl (C=O) groups is 1. The summed E-state index contributed by atoms with van der Waals surface area (Å²) in [4.78, 5) is 15.5. The molecule has 0 N–H and O–H groups in total. The molecule has 26 heavy (non-hydrogen) atoms. The third-order valence-electron chi connectivity index (χ3n) is 3.51. The molecule has 0 saturated heterocycles. The fourth-order valence-corrected chi connectivity index (χ4v) is 3.01. The summed E-state index contributed by atoms with van der Waals surface area (Å²) >= 11 is 0. The molecule has 0 aliphatic rings. The van der Waals surface area contributed by atoms with Gasteiger partial charge in [-0.1, -0.05) is 17.3 Å². The van der Waals surface area contributed by atoms with Gasteiger partial charge in [0.05, 0.1) is 10.6 Å². The average Bonchev–Trinajstić information content (AvgIpc) is 2.52. The van der Waals surface area contributed by atoms with Gasteiger partial charge >= 0.3 is 59.1 Å². The van der Waals surface area contributed by atoms with Crippen LogP contribution >= 0.6 is 0 Å². The Morgan fingerprint density at radius 1 is 0.962 bits per heavy atom. The van der Waals surface area contributed by atoms with Crippen LogP contribution in [0.4, 0.5) is 11.4 Å². The van der Waals surface area contributed by atoms with Crippen LogP contribution in [0.3, 0.4) is 0 Å². The molecule has 2 aromatic carbocycles. The van der Waals surface area contributed by atoms with E-state index in [0.717, 1.165) is 11.8 Å². The number of carbonyl (C=O) groups excluding carboxylic acids is 1. The molecule has 0 heterocycles. The summed E-state index contributed by atoms with van der Waals surface area (Å²) in [6.45, 7) is 0. The molecule has 0 atom stereocenters. The number of ketones is 1. The molecule has 0 unspecified atom stereocenters. The van der Waals surface area contributed by atoms with Crippen molar-refractivity contribution in [2.45, 2.75) is 4.90 Å². The summed E-state index contributed by atoms with van der Waals surface area (Å²) < 4.78 is 34.5. The summed E-state index contributed by atoms with van der Waals surface area (Å²) in [7, 11) is 2.28. The van der Waals surface area contributed by atoms with E-state index < -0.39 is 15.0 Å². The van der Waals surface area contributed by atoms with E-state index in [1.165, 1.54) is 17.0 Å². The second-order valence-corrected chi connectivity index (χ2v) is 7.07. The first kappa shape index (κ1) is 25.6. The molecular weight excluding hydrogens is 374 g/mol. The predicted octanol–water partition coefficient (Wildman–Crippen LogP) is -4.24. The normalized spacial score (nSPS) is 10.3. The fourth-order valence-electron chi connectivity index (χ4n) is 2.23. The van der Waals surface area contributed by atoms with Crippen molar-refractivity contribution < 1.29 is 76.9 Å². The van der Waals surface area contributed by atoms with E-state index in [9.17, 15) is 17.8 Å². The van der Waals surface area contributed by atoms with Gasteiger partial charge in [-0.2, -0.15) is 18.2 Å². The fraction of sp³-hybridized carbons (Fsp3) is 0.235. The van der Waals surface area contributed by atoms with Crippen molar-refractivity contribution in [1.29, 1.82) is 0 Å². The first-order valence-electron chi connectivity index (χ1n) is 7.12. The zero-order valence-corrected chi connectivity index (χ0v) is 20.7. The number of rotatable bonds is 5. The Morgan fingerprint density at radius 2 is 1.54 bits per heavy atom. The van der Waals surface area contributed by atoms with Crippen molar-refractivity contribution in [2.24, 2.45) is 0 Å². The van der Waals surface area contributed by atoms with Gasteiger partial charge in [-0.15, -0.1) is 6.07 Å². The van der Waals surface area contributed by atoms with Crippen molar-refractivity contribution in [3.8, 4) is 0 Å². The molecule has 128 valence electrons. The van der Waals surface area contributed by atoms with Crippen molar-refractivity contribution in [1.82, 2.24) is 0 Å². The zero-order chi connectivity index (χ0) is 18.1. The average molecular weight is 392 g/mol. The van der Waals surface area contributed by atoms with E-state index in [2.05, 4.69) is 6.07 Å². The van der Waals surface area contributed by atoms with Gasteiger partial charge in [0, 0.05) is 33.8 Å². The smallest absolute Gasteiger partial charge is 0.744 e. The molecule has 0 radical (unpaired) electrons. The minimum absolute atomic E-state index is 0. The largest absolute Gasteiger partial charge is 1.00 e. The maximum atomic E-state index is 12.5. The van der Waals surface area contributed by atoms with Crippen molar-refractivity contribution in [2.75, 3.05) is 38.0 Å². The number of hydrogen-bond acceptors (Lipinski definition) is 6. The minimum Gasteiger partial charge on any atom is -0.744 e. The van der Waals surface area contributed by atoms with Crippen molar-refractivity contribution in [3.63, 3.8) is 0 Å². The molecule has 0 aliphatic heterocycles. The summed E-state index contributed by atoms with van der Waals surface area (Å²) in [6, 6.07) is 12.0. The van der Waals surface area contributed by atoms with E-state index >= 15 is 0 Å². The minimum atomic E-state index is -4.69. The Morgan fingerprint density at radius 3 is 1.96 bits per heavy atom. The number of anilines is 2. The van der Waals surface area contributed by atoms with Crippen molar-refractivity contribution in [3.05, 3.63) is 53.6 Å². The van der Waals surface area contributed by atoms with Gasteiger partial charge in [0.2, 0.25) is 0 Å². The molecule has 0 aliphatic carbocycles. The third kappa shape index (κ3) is 6.07. The number of benzene rings is 2.